The maximum absolute atomic E-state index is 13.3. The van der Waals surface area contributed by atoms with Crippen LogP contribution in [0.5, 0.6) is 11.5 Å². The molecule has 1 aliphatic heterocycles. The molecule has 6 nitrogen and oxygen atoms in total. The first-order valence-electron chi connectivity index (χ1n) is 12.4. The lowest BCUT2D eigenvalue weighted by atomic mass is 9.84. The van der Waals surface area contributed by atoms with Gasteiger partial charge in [0.1, 0.15) is 17.3 Å². The van der Waals surface area contributed by atoms with Gasteiger partial charge in [-0.2, -0.15) is 0 Å². The first kappa shape index (κ1) is 26.3. The molecule has 0 aliphatic carbocycles. The van der Waals surface area contributed by atoms with Gasteiger partial charge in [0, 0.05) is 17.7 Å². The van der Waals surface area contributed by atoms with Gasteiger partial charge in [0.15, 0.2) is 0 Å². The summed E-state index contributed by atoms with van der Waals surface area (Å²) in [7, 11) is 0. The summed E-state index contributed by atoms with van der Waals surface area (Å²) in [5.74, 6) is -0.0452. The zero-order valence-electron chi connectivity index (χ0n) is 21.7. The largest absolute Gasteiger partial charge is 0.507 e. The molecule has 1 unspecified atom stereocenters. The van der Waals surface area contributed by atoms with Crippen molar-refractivity contribution in [2.75, 3.05) is 19.8 Å². The normalized spacial score (nSPS) is 17.7. The Morgan fingerprint density at radius 1 is 1.00 bits per heavy atom. The van der Waals surface area contributed by atoms with E-state index in [9.17, 15) is 14.7 Å². The molecule has 0 aromatic heterocycles. The van der Waals surface area contributed by atoms with Crippen molar-refractivity contribution in [3.8, 4) is 11.5 Å². The predicted molar refractivity (Wildman–Crippen MR) is 138 cm³/mol. The van der Waals surface area contributed by atoms with Crippen LogP contribution in [0.1, 0.15) is 77.1 Å². The number of Topliss-reactive ketones (excluding diaryl/α,β-unsaturated/α-hetero) is 1. The Bertz CT molecular complexity index is 1110. The molecule has 3 rings (SSSR count). The number of likely N-dealkylation sites (tertiary alicyclic amines) is 1. The third-order valence-corrected chi connectivity index (χ3v) is 6.14. The third-order valence-electron chi connectivity index (χ3n) is 6.14. The minimum atomic E-state index is -0.688. The molecule has 0 bridgehead atoms. The fraction of sp³-hybridized carbons (Fsp3) is 0.448. The minimum Gasteiger partial charge on any atom is -0.507 e. The van der Waals surface area contributed by atoms with Crippen LogP contribution in [0.3, 0.4) is 0 Å². The van der Waals surface area contributed by atoms with Crippen LogP contribution in [-0.2, 0) is 15.0 Å². The van der Waals surface area contributed by atoms with Gasteiger partial charge in [-0.15, -0.1) is 0 Å². The maximum Gasteiger partial charge on any atom is 0.295 e. The molecule has 0 saturated carbocycles. The third kappa shape index (κ3) is 5.53. The highest BCUT2D eigenvalue weighted by Crippen LogP contribution is 2.41. The average Bonchev–Trinajstić information content (AvgIpc) is 3.07. The molecule has 1 aliphatic rings. The van der Waals surface area contributed by atoms with E-state index >= 15 is 0 Å². The first-order valence-corrected chi connectivity index (χ1v) is 12.4. The lowest BCUT2D eigenvalue weighted by Gasteiger charge is -2.26. The summed E-state index contributed by atoms with van der Waals surface area (Å²) in [4.78, 5) is 27.9. The highest BCUT2D eigenvalue weighted by atomic mass is 16.5. The molecule has 2 aromatic carbocycles. The second-order valence-corrected chi connectivity index (χ2v) is 9.75. The van der Waals surface area contributed by atoms with Gasteiger partial charge in [-0.25, -0.2) is 0 Å². The van der Waals surface area contributed by atoms with E-state index in [4.69, 9.17) is 9.47 Å². The van der Waals surface area contributed by atoms with Crippen LogP contribution in [0.15, 0.2) is 48.0 Å². The van der Waals surface area contributed by atoms with Crippen LogP contribution in [-0.4, -0.2) is 41.5 Å². The summed E-state index contributed by atoms with van der Waals surface area (Å²) in [6.45, 7) is 13.5. The predicted octanol–water partition coefficient (Wildman–Crippen LogP) is 6.00. The van der Waals surface area contributed by atoms with Crippen LogP contribution >= 0.6 is 0 Å². The number of carbonyl (C=O) groups excluding carboxylic acids is 2. The number of aliphatic hydroxyl groups excluding tert-OH is 1. The molecule has 6 heteroatoms. The van der Waals surface area contributed by atoms with Crippen LogP contribution in [0.25, 0.3) is 5.76 Å². The average molecular weight is 480 g/mol. The highest BCUT2D eigenvalue weighted by molar-refractivity contribution is 6.46. The van der Waals surface area contributed by atoms with Gasteiger partial charge in [0.2, 0.25) is 0 Å². The van der Waals surface area contributed by atoms with Crippen molar-refractivity contribution in [3.63, 3.8) is 0 Å². The number of ketones is 1. The van der Waals surface area contributed by atoms with Crippen LogP contribution < -0.4 is 9.47 Å². The number of aliphatic hydroxyl groups is 1. The van der Waals surface area contributed by atoms with Crippen molar-refractivity contribution >= 4 is 17.4 Å². The number of hydrogen-bond acceptors (Lipinski definition) is 5. The van der Waals surface area contributed by atoms with Crippen molar-refractivity contribution in [2.24, 2.45) is 0 Å². The number of benzene rings is 2. The molecule has 0 radical (unpaired) electrons. The summed E-state index contributed by atoms with van der Waals surface area (Å²) in [6.07, 6.45) is 1.63. The summed E-state index contributed by atoms with van der Waals surface area (Å²) in [6, 6.07) is 12.1. The Hall–Kier alpha value is -3.28. The van der Waals surface area contributed by atoms with E-state index in [-0.39, 0.29) is 16.7 Å². The summed E-state index contributed by atoms with van der Waals surface area (Å²) < 4.78 is 11.5. The van der Waals surface area contributed by atoms with Crippen molar-refractivity contribution in [1.29, 1.82) is 0 Å². The topological polar surface area (TPSA) is 76.1 Å². The Kier molecular flexibility index (Phi) is 8.26. The van der Waals surface area contributed by atoms with Crippen LogP contribution in [0.2, 0.25) is 0 Å². The molecule has 0 spiro atoms. The molecule has 2 aromatic rings. The number of hydrogen-bond donors (Lipinski definition) is 1. The molecule has 1 atom stereocenters. The second kappa shape index (κ2) is 11.0. The number of amides is 1. The van der Waals surface area contributed by atoms with E-state index in [0.717, 1.165) is 29.7 Å². The van der Waals surface area contributed by atoms with Crippen molar-refractivity contribution < 1.29 is 24.2 Å². The Balaban J connectivity index is 2.20. The molecular formula is C29H37NO5. The lowest BCUT2D eigenvalue weighted by Crippen LogP contribution is -2.30. The van der Waals surface area contributed by atoms with E-state index in [0.29, 0.717) is 31.1 Å². The Labute approximate surface area is 208 Å². The lowest BCUT2D eigenvalue weighted by molar-refractivity contribution is -0.139. The van der Waals surface area contributed by atoms with E-state index in [1.165, 1.54) is 0 Å². The summed E-state index contributed by atoms with van der Waals surface area (Å²) in [5, 5.41) is 11.5. The van der Waals surface area contributed by atoms with E-state index in [1.54, 1.807) is 11.0 Å². The van der Waals surface area contributed by atoms with Crippen LogP contribution in [0, 0.1) is 0 Å². The molecule has 35 heavy (non-hydrogen) atoms. The molecule has 1 amide bonds. The van der Waals surface area contributed by atoms with Crippen molar-refractivity contribution in [2.45, 2.75) is 65.8 Å². The van der Waals surface area contributed by atoms with E-state index < -0.39 is 17.7 Å². The number of rotatable bonds is 9. The SMILES string of the molecule is CCCCN1C(=O)C(=O)/C(=C(/O)c2ccc(OCC)c(C(C)(C)C)c2)C1c1cccc(OCC)c1. The first-order chi connectivity index (χ1) is 16.6. The van der Waals surface area contributed by atoms with Gasteiger partial charge in [0.05, 0.1) is 24.8 Å². The minimum absolute atomic E-state index is 0.101. The number of unbranched alkanes of at least 4 members (excludes halogenated alkanes) is 1. The molecular weight excluding hydrogens is 442 g/mol. The van der Waals surface area contributed by atoms with Crippen molar-refractivity contribution in [3.05, 3.63) is 64.7 Å². The summed E-state index contributed by atoms with van der Waals surface area (Å²) in [5.41, 5.74) is 1.98. The van der Waals surface area contributed by atoms with Gasteiger partial charge >= 0.3 is 0 Å². The van der Waals surface area contributed by atoms with Gasteiger partial charge < -0.3 is 19.5 Å². The van der Waals surface area contributed by atoms with Gasteiger partial charge in [-0.1, -0.05) is 46.2 Å². The standard InChI is InChI=1S/C29H37NO5/c1-7-10-16-30-25(19-12-11-13-21(17-19)34-8-2)24(27(32)28(30)33)26(31)20-14-15-23(35-9-3)22(18-20)29(4,5)6/h11-15,17-18,25,31H,7-10,16H2,1-6H3/b26-24+. The summed E-state index contributed by atoms with van der Waals surface area (Å²) >= 11 is 0. The Morgan fingerprint density at radius 3 is 2.34 bits per heavy atom. The zero-order valence-corrected chi connectivity index (χ0v) is 21.7. The smallest absolute Gasteiger partial charge is 0.295 e. The van der Waals surface area contributed by atoms with E-state index in [1.807, 2.05) is 57.2 Å². The molecule has 188 valence electrons. The van der Waals surface area contributed by atoms with Gasteiger partial charge in [-0.3, -0.25) is 9.59 Å². The quantitative estimate of drug-likeness (QED) is 0.271. The van der Waals surface area contributed by atoms with E-state index in [2.05, 4.69) is 20.8 Å². The zero-order chi connectivity index (χ0) is 25.8. The van der Waals surface area contributed by atoms with Crippen molar-refractivity contribution in [1.82, 2.24) is 4.90 Å². The Morgan fingerprint density at radius 2 is 1.71 bits per heavy atom. The molecule has 1 N–H and O–H groups in total. The number of nitrogens with zero attached hydrogens (tertiary/aromatic N) is 1. The monoisotopic (exact) mass is 479 g/mol. The molecule has 1 heterocycles. The molecule has 1 saturated heterocycles. The number of carbonyl (C=O) groups is 2. The second-order valence-electron chi connectivity index (χ2n) is 9.75. The highest BCUT2D eigenvalue weighted by Gasteiger charge is 2.46. The van der Waals surface area contributed by atoms with Gasteiger partial charge in [-0.05, 0) is 61.6 Å². The van der Waals surface area contributed by atoms with Crippen LogP contribution in [0.4, 0.5) is 0 Å². The fourth-order valence-electron chi connectivity index (χ4n) is 4.43. The fourth-order valence-corrected chi connectivity index (χ4v) is 4.43. The number of ether oxygens (including phenoxy) is 2. The van der Waals surface area contributed by atoms with Gasteiger partial charge in [0.25, 0.3) is 11.7 Å². The molecule has 1 fully saturated rings. The maximum atomic E-state index is 13.3.